The van der Waals surface area contributed by atoms with Gasteiger partial charge in [-0.05, 0) is 55.2 Å². The van der Waals surface area contributed by atoms with Crippen LogP contribution in [0.2, 0.25) is 0 Å². The van der Waals surface area contributed by atoms with Gasteiger partial charge in [0, 0.05) is 22.4 Å². The molecule has 0 atom stereocenters. The molecule has 0 saturated carbocycles. The Morgan fingerprint density at radius 1 is 0.553 bits per heavy atom. The van der Waals surface area contributed by atoms with Crippen LogP contribution in [0, 0.1) is 31.0 Å². The predicted molar refractivity (Wildman–Crippen MR) is 153 cm³/mol. The largest absolute Gasteiger partial charge is 0.262 e. The van der Waals surface area contributed by atoms with E-state index in [9.17, 15) is 5.26 Å². The lowest BCUT2D eigenvalue weighted by Gasteiger charge is -2.17. The van der Waals surface area contributed by atoms with Gasteiger partial charge in [-0.15, -0.1) is 0 Å². The Labute approximate surface area is 216 Å². The highest BCUT2D eigenvalue weighted by atomic mass is 14.8. The summed E-state index contributed by atoms with van der Waals surface area (Å²) in [6.45, 7) is 23.3. The molecule has 0 bridgehead atoms. The van der Waals surface area contributed by atoms with Crippen LogP contribution in [0.3, 0.4) is 0 Å². The Balaban J connectivity index is 1.91. The second-order valence-corrected chi connectivity index (χ2v) is 9.05. The van der Waals surface area contributed by atoms with Crippen LogP contribution in [0.4, 0.5) is 17.1 Å². The molecule has 1 aromatic heterocycles. The number of benzene rings is 6. The van der Waals surface area contributed by atoms with Gasteiger partial charge in [-0.3, -0.25) is 19.5 Å². The van der Waals surface area contributed by atoms with Crippen molar-refractivity contribution < 1.29 is 0 Å². The zero-order chi connectivity index (χ0) is 26.0. The van der Waals surface area contributed by atoms with Gasteiger partial charge in [0.15, 0.2) is 5.69 Å². The van der Waals surface area contributed by atoms with Gasteiger partial charge in [-0.25, -0.2) is 0 Å². The summed E-state index contributed by atoms with van der Waals surface area (Å²) in [6.07, 6.45) is 1.79. The van der Waals surface area contributed by atoms with Crippen molar-refractivity contribution >= 4 is 81.8 Å². The molecular weight excluding hydrogens is 466 g/mol. The van der Waals surface area contributed by atoms with E-state index in [1.165, 1.54) is 0 Å². The fourth-order valence-corrected chi connectivity index (χ4v) is 5.85. The van der Waals surface area contributed by atoms with E-state index in [0.29, 0.717) is 10.8 Å². The number of nitrogens with zero attached hydrogens (tertiary/aromatic N) is 5. The lowest BCUT2D eigenvalue weighted by atomic mass is 9.87. The molecule has 0 spiro atoms. The fraction of sp³-hybridized carbons (Fsp3) is 0. The van der Waals surface area contributed by atoms with E-state index in [2.05, 4.69) is 44.9 Å². The molecule has 0 amide bonds. The summed E-state index contributed by atoms with van der Waals surface area (Å²) in [4.78, 5) is 15.5. The Morgan fingerprint density at radius 3 is 1.76 bits per heavy atom. The van der Waals surface area contributed by atoms with E-state index in [1.807, 2.05) is 48.5 Å². The first kappa shape index (κ1) is 21.3. The Morgan fingerprint density at radius 2 is 1.13 bits per heavy atom. The molecule has 0 radical (unpaired) electrons. The summed E-state index contributed by atoms with van der Waals surface area (Å²) in [5, 5.41) is 20.2. The second-order valence-electron chi connectivity index (χ2n) is 9.05. The third-order valence-electron chi connectivity index (χ3n) is 7.35. The predicted octanol–water partition coefficient (Wildman–Crippen LogP) is 9.52. The number of nitriles is 1. The van der Waals surface area contributed by atoms with E-state index in [1.54, 1.807) is 6.20 Å². The SMILES string of the molecule is [C-]#[N+]c1c([N+]#[C-])c([N+]#[C-])c2cc3c(cc2c1C#N)c1cccnc1c1c2ccccc2c2ccccc2c31. The minimum atomic E-state index is -0.0694. The third-order valence-corrected chi connectivity index (χ3v) is 7.35. The van der Waals surface area contributed by atoms with E-state index in [0.717, 1.165) is 54.0 Å². The number of fused-ring (bicyclic) bond motifs is 12. The van der Waals surface area contributed by atoms with Crippen LogP contribution in [-0.4, -0.2) is 4.98 Å². The van der Waals surface area contributed by atoms with Gasteiger partial charge >= 0.3 is 0 Å². The average molecular weight is 480 g/mol. The Hall–Kier alpha value is -6.01. The first-order valence-electron chi connectivity index (χ1n) is 11.8. The van der Waals surface area contributed by atoms with E-state index >= 15 is 0 Å². The topological polar surface area (TPSA) is 49.8 Å². The smallest absolute Gasteiger partial charge is 0.202 e. The minimum Gasteiger partial charge on any atom is -0.262 e. The molecule has 38 heavy (non-hydrogen) atoms. The molecule has 6 aromatic carbocycles. The molecule has 7 aromatic rings. The van der Waals surface area contributed by atoms with Gasteiger partial charge in [0.1, 0.15) is 0 Å². The maximum absolute atomic E-state index is 10.1. The van der Waals surface area contributed by atoms with E-state index < -0.39 is 0 Å². The quantitative estimate of drug-likeness (QED) is 0.124. The molecule has 0 N–H and O–H groups in total. The van der Waals surface area contributed by atoms with Crippen molar-refractivity contribution in [3.05, 3.63) is 119 Å². The van der Waals surface area contributed by atoms with E-state index in [4.69, 9.17) is 24.7 Å². The number of aromatic nitrogens is 1. The highest BCUT2D eigenvalue weighted by Gasteiger charge is 2.23. The number of hydrogen-bond acceptors (Lipinski definition) is 2. The normalized spacial score (nSPS) is 11.1. The van der Waals surface area contributed by atoms with Crippen LogP contribution in [0.15, 0.2) is 79.0 Å². The fourth-order valence-electron chi connectivity index (χ4n) is 5.85. The molecular formula is C33H13N5. The molecule has 1 heterocycles. The Bertz CT molecular complexity index is 2380. The highest BCUT2D eigenvalue weighted by Crippen LogP contribution is 2.50. The summed E-state index contributed by atoms with van der Waals surface area (Å²) in [6, 6.07) is 26.4. The molecule has 0 aliphatic carbocycles. The summed E-state index contributed by atoms with van der Waals surface area (Å²) in [5.41, 5.74) is 0.936. The lowest BCUT2D eigenvalue weighted by molar-refractivity contribution is 1.43. The standard InChI is InChI=1S/C33H13N5/c1-35-31-26-16-25-23(15-24(26)27(17-34)32(36-2)33(31)37-3)22-13-8-14-38-30(22)29-21-12-7-5-10-19(21)18-9-4-6-11-20(18)28(25)29/h4-16H. The van der Waals surface area contributed by atoms with Crippen LogP contribution in [0.25, 0.3) is 79.3 Å². The third kappa shape index (κ3) is 2.57. The van der Waals surface area contributed by atoms with Crippen LogP contribution < -0.4 is 0 Å². The molecule has 5 nitrogen and oxygen atoms in total. The molecule has 0 unspecified atom stereocenters. The number of hydrogen-bond donors (Lipinski definition) is 0. The van der Waals surface area contributed by atoms with Gasteiger partial charge in [0.05, 0.1) is 36.9 Å². The molecule has 0 saturated heterocycles. The van der Waals surface area contributed by atoms with Crippen molar-refractivity contribution in [2.24, 2.45) is 0 Å². The van der Waals surface area contributed by atoms with Gasteiger partial charge in [0.25, 0.3) is 0 Å². The molecule has 7 rings (SSSR count). The zero-order valence-electron chi connectivity index (χ0n) is 19.7. The maximum Gasteiger partial charge on any atom is 0.202 e. The summed E-state index contributed by atoms with van der Waals surface area (Å²) in [7, 11) is 0. The molecule has 0 fully saturated rings. The van der Waals surface area contributed by atoms with Crippen LogP contribution >= 0.6 is 0 Å². The number of pyridine rings is 1. The lowest BCUT2D eigenvalue weighted by Crippen LogP contribution is -1.91. The second kappa shape index (κ2) is 7.74. The molecule has 5 heteroatoms. The summed E-state index contributed by atoms with van der Waals surface area (Å²) in [5.74, 6) is 0. The van der Waals surface area contributed by atoms with Crippen molar-refractivity contribution in [3.8, 4) is 6.07 Å². The van der Waals surface area contributed by atoms with Gasteiger partial charge in [-0.2, -0.15) is 5.26 Å². The van der Waals surface area contributed by atoms with Crippen LogP contribution in [0.1, 0.15) is 5.56 Å². The maximum atomic E-state index is 10.1. The summed E-state index contributed by atoms with van der Waals surface area (Å²) >= 11 is 0. The first-order chi connectivity index (χ1) is 18.7. The van der Waals surface area contributed by atoms with E-state index in [-0.39, 0.29) is 22.6 Å². The highest BCUT2D eigenvalue weighted by molar-refractivity contribution is 6.40. The van der Waals surface area contributed by atoms with Gasteiger partial charge < -0.3 is 0 Å². The van der Waals surface area contributed by atoms with Gasteiger partial charge in [0.2, 0.25) is 11.4 Å². The van der Waals surface area contributed by atoms with Crippen molar-refractivity contribution in [3.63, 3.8) is 0 Å². The zero-order valence-corrected chi connectivity index (χ0v) is 19.7. The first-order valence-corrected chi connectivity index (χ1v) is 11.8. The average Bonchev–Trinajstić information content (AvgIpc) is 2.98. The van der Waals surface area contributed by atoms with Crippen molar-refractivity contribution in [1.82, 2.24) is 4.98 Å². The van der Waals surface area contributed by atoms with Crippen molar-refractivity contribution in [2.75, 3.05) is 0 Å². The number of rotatable bonds is 0. The van der Waals surface area contributed by atoms with Gasteiger partial charge in [-0.1, -0.05) is 60.7 Å². The van der Waals surface area contributed by atoms with Crippen molar-refractivity contribution in [1.29, 1.82) is 5.26 Å². The molecule has 0 aliphatic rings. The minimum absolute atomic E-state index is 0.0690. The molecule has 170 valence electrons. The monoisotopic (exact) mass is 479 g/mol. The van der Waals surface area contributed by atoms with Crippen molar-refractivity contribution in [2.45, 2.75) is 0 Å². The van der Waals surface area contributed by atoms with Crippen LogP contribution in [0.5, 0.6) is 0 Å². The van der Waals surface area contributed by atoms with Crippen LogP contribution in [-0.2, 0) is 0 Å². The Kier molecular flexibility index (Phi) is 4.34. The summed E-state index contributed by atoms with van der Waals surface area (Å²) < 4.78 is 0. The molecule has 0 aliphatic heterocycles.